The number of halogens is 9. The van der Waals surface area contributed by atoms with Gasteiger partial charge in [-0.3, -0.25) is 0 Å². The molecule has 2 aromatic rings. The van der Waals surface area contributed by atoms with E-state index < -0.39 is 41.2 Å². The lowest BCUT2D eigenvalue weighted by Gasteiger charge is -2.14. The van der Waals surface area contributed by atoms with Crippen molar-refractivity contribution in [2.75, 3.05) is 0 Å². The monoisotopic (exact) mass is 533 g/mol. The zero-order valence-corrected chi connectivity index (χ0v) is 17.7. The van der Waals surface area contributed by atoms with Crippen molar-refractivity contribution in [3.8, 4) is 5.69 Å². The van der Waals surface area contributed by atoms with E-state index in [0.717, 1.165) is 10.8 Å². The molecule has 150 valence electrons. The third-order valence-electron chi connectivity index (χ3n) is 3.54. The van der Waals surface area contributed by atoms with Crippen LogP contribution >= 0.6 is 50.7 Å². The van der Waals surface area contributed by atoms with Crippen LogP contribution in [0.5, 0.6) is 0 Å². The normalized spacial score (nSPS) is 13.3. The van der Waals surface area contributed by atoms with Gasteiger partial charge in [0, 0.05) is 11.8 Å². The van der Waals surface area contributed by atoms with Gasteiger partial charge in [0.05, 0.1) is 30.8 Å². The van der Waals surface area contributed by atoms with Gasteiger partial charge in [0.15, 0.2) is 0 Å². The Hall–Kier alpha value is -0.550. The predicted molar refractivity (Wildman–Crippen MR) is 95.9 cm³/mol. The van der Waals surface area contributed by atoms with Gasteiger partial charge in [-0.1, -0.05) is 30.1 Å². The van der Waals surface area contributed by atoms with Crippen LogP contribution in [0.15, 0.2) is 27.8 Å². The topological polar surface area (TPSA) is 39.1 Å². The molecule has 2 rings (SSSR count). The minimum absolute atomic E-state index is 0.00894. The number of nitrogens with zero attached hydrogens (tertiary/aromatic N) is 1. The highest BCUT2D eigenvalue weighted by Crippen LogP contribution is 2.42. The van der Waals surface area contributed by atoms with E-state index in [1.807, 2.05) is 0 Å². The molecular weight excluding hydrogens is 527 g/mol. The van der Waals surface area contributed by atoms with Gasteiger partial charge < -0.3 is 4.57 Å². The molecule has 0 saturated carbocycles. The van der Waals surface area contributed by atoms with Gasteiger partial charge in [0.2, 0.25) is 0 Å². The molecule has 1 aromatic carbocycles. The average molecular weight is 536 g/mol. The highest BCUT2D eigenvalue weighted by atomic mass is 79.9. The molecule has 0 amide bonds. The first-order valence-electron chi connectivity index (χ1n) is 6.90. The number of rotatable bonds is 4. The van der Waals surface area contributed by atoms with Crippen LogP contribution in [0, 0.1) is 0 Å². The maximum atomic E-state index is 13.4. The number of alkyl halides is 6. The van der Waals surface area contributed by atoms with Crippen molar-refractivity contribution in [2.45, 2.75) is 29.1 Å². The molecule has 0 radical (unpaired) electrons. The maximum absolute atomic E-state index is 13.4. The number of sulfone groups is 1. The van der Waals surface area contributed by atoms with Crippen molar-refractivity contribution in [2.24, 2.45) is 0 Å². The van der Waals surface area contributed by atoms with E-state index in [0.29, 0.717) is 12.1 Å². The third kappa shape index (κ3) is 4.10. The van der Waals surface area contributed by atoms with Crippen LogP contribution in [-0.4, -0.2) is 17.7 Å². The number of hydrogen-bond acceptors (Lipinski definition) is 2. The van der Waals surface area contributed by atoms with E-state index in [1.54, 1.807) is 0 Å². The summed E-state index contributed by atoms with van der Waals surface area (Å²) >= 11 is 19.6. The second-order valence-corrected chi connectivity index (χ2v) is 9.45. The smallest absolute Gasteiger partial charge is 0.307 e. The van der Waals surface area contributed by atoms with Gasteiger partial charge in [-0.25, -0.2) is 8.42 Å². The molecule has 0 bridgehead atoms. The van der Waals surface area contributed by atoms with Crippen molar-refractivity contribution < 1.29 is 30.4 Å². The Kier molecular flexibility index (Phi) is 6.20. The second-order valence-electron chi connectivity index (χ2n) is 5.22. The molecule has 27 heavy (non-hydrogen) atoms. The number of benzene rings is 1. The Morgan fingerprint density at radius 3 is 1.96 bits per heavy atom. The van der Waals surface area contributed by atoms with E-state index >= 15 is 0 Å². The average Bonchev–Trinajstić information content (AvgIpc) is 2.82. The first-order chi connectivity index (χ1) is 12.1. The Morgan fingerprint density at radius 1 is 1.11 bits per heavy atom. The van der Waals surface area contributed by atoms with E-state index in [4.69, 9.17) is 34.8 Å². The van der Waals surface area contributed by atoms with Crippen LogP contribution in [0.3, 0.4) is 0 Å². The van der Waals surface area contributed by atoms with Gasteiger partial charge in [-0.2, -0.15) is 22.0 Å². The molecule has 0 aliphatic heterocycles. The summed E-state index contributed by atoms with van der Waals surface area (Å²) in [5.41, 5.74) is -1.41. The van der Waals surface area contributed by atoms with Gasteiger partial charge >= 0.3 is 10.9 Å². The summed E-state index contributed by atoms with van der Waals surface area (Å²) < 4.78 is 85.8. The van der Waals surface area contributed by atoms with Gasteiger partial charge in [0.1, 0.15) is 0 Å². The fraction of sp³-hybridized carbons (Fsp3) is 0.286. The summed E-state index contributed by atoms with van der Waals surface area (Å²) in [5.74, 6) is 0. The fourth-order valence-corrected chi connectivity index (χ4v) is 5.18. The quantitative estimate of drug-likeness (QED) is 0.323. The molecule has 0 N–H and O–H groups in total. The molecule has 0 saturated heterocycles. The maximum Gasteiger partial charge on any atom is 0.427 e. The van der Waals surface area contributed by atoms with Crippen molar-refractivity contribution in [1.82, 2.24) is 4.57 Å². The molecule has 13 heteroatoms. The van der Waals surface area contributed by atoms with Gasteiger partial charge in [-0.05, 0) is 46.1 Å². The van der Waals surface area contributed by atoms with Crippen molar-refractivity contribution in [1.29, 1.82) is 0 Å². The van der Waals surface area contributed by atoms with Crippen LogP contribution in [0.2, 0.25) is 10.0 Å². The summed E-state index contributed by atoms with van der Waals surface area (Å²) in [6.07, 6.45) is -3.95. The molecule has 1 heterocycles. The molecule has 3 nitrogen and oxygen atoms in total. The Labute approximate surface area is 174 Å². The van der Waals surface area contributed by atoms with Crippen LogP contribution in [-0.2, 0) is 22.4 Å². The molecule has 0 aliphatic rings. The molecule has 0 atom stereocenters. The van der Waals surface area contributed by atoms with E-state index in [9.17, 15) is 30.4 Å². The van der Waals surface area contributed by atoms with Crippen molar-refractivity contribution in [3.63, 3.8) is 0 Å². The minimum atomic E-state index is -5.27. The summed E-state index contributed by atoms with van der Waals surface area (Å²) in [6.45, 7) is 1.49. The first-order valence-corrected chi connectivity index (χ1v) is 10.3. The van der Waals surface area contributed by atoms with E-state index in [2.05, 4.69) is 15.9 Å². The Bertz CT molecular complexity index is 976. The molecule has 0 spiro atoms. The molecule has 0 unspecified atom stereocenters. The van der Waals surface area contributed by atoms with Gasteiger partial charge in [-0.15, -0.1) is 0 Å². The van der Waals surface area contributed by atoms with Crippen molar-refractivity contribution >= 4 is 60.6 Å². The lowest BCUT2D eigenvalue weighted by atomic mass is 10.2. The minimum Gasteiger partial charge on any atom is -0.307 e. The summed E-state index contributed by atoms with van der Waals surface area (Å²) in [7, 11) is -5.27. The summed E-state index contributed by atoms with van der Waals surface area (Å²) in [4.78, 5) is -0.802. The lowest BCUT2D eigenvalue weighted by Crippen LogP contribution is -2.22. The zero-order chi connectivity index (χ0) is 20.9. The van der Waals surface area contributed by atoms with E-state index in [1.165, 1.54) is 6.92 Å². The first kappa shape index (κ1) is 22.7. The second kappa shape index (κ2) is 7.37. The van der Waals surface area contributed by atoms with Crippen LogP contribution in [0.1, 0.15) is 18.1 Å². The van der Waals surface area contributed by atoms with Crippen LogP contribution < -0.4 is 0 Å². The SMILES string of the molecule is CCc1c(S(=O)(=O)C(F)(F)Cl)cn(-c2c(Cl)cc(C(F)(F)F)cc2Cl)c1Br. The lowest BCUT2D eigenvalue weighted by molar-refractivity contribution is -0.137. The Morgan fingerprint density at radius 2 is 1.59 bits per heavy atom. The summed E-state index contributed by atoms with van der Waals surface area (Å²) in [6, 6.07) is 1.18. The fourth-order valence-electron chi connectivity index (χ4n) is 2.30. The third-order valence-corrected chi connectivity index (χ3v) is 7.12. The summed E-state index contributed by atoms with van der Waals surface area (Å²) in [5, 5.41) is -0.926. The molecular formula is C14H8BrCl3F5NO2S. The van der Waals surface area contributed by atoms with E-state index in [-0.39, 0.29) is 22.3 Å². The molecule has 0 fully saturated rings. The number of aromatic nitrogens is 1. The number of hydrogen-bond donors (Lipinski definition) is 0. The Balaban J connectivity index is 2.80. The predicted octanol–water partition coefficient (Wildman–Crippen LogP) is 6.69. The highest BCUT2D eigenvalue weighted by molar-refractivity contribution is 9.10. The largest absolute Gasteiger partial charge is 0.427 e. The molecule has 0 aliphatic carbocycles. The van der Waals surface area contributed by atoms with Crippen molar-refractivity contribution in [3.05, 3.63) is 44.1 Å². The highest BCUT2D eigenvalue weighted by Gasteiger charge is 2.46. The van der Waals surface area contributed by atoms with Crippen LogP contribution in [0.4, 0.5) is 22.0 Å². The standard InChI is InChI=1S/C14H8BrCl3F5NO2S/c1-2-7-10(27(25,26)14(18,22)23)5-24(12(7)15)11-8(16)3-6(4-9(11)17)13(19,20)21/h3-5H,2H2,1H3. The molecule has 1 aromatic heterocycles. The van der Waals surface area contributed by atoms with Crippen LogP contribution in [0.25, 0.3) is 5.69 Å². The zero-order valence-electron chi connectivity index (χ0n) is 13.0. The van der Waals surface area contributed by atoms with Gasteiger partial charge in [0.25, 0.3) is 9.84 Å².